The minimum absolute atomic E-state index is 0.162. The molecule has 3 heteroatoms. The molecule has 2 nitrogen and oxygen atoms in total. The van der Waals surface area contributed by atoms with Crippen LogP contribution in [0.1, 0.15) is 110 Å². The van der Waals surface area contributed by atoms with E-state index in [-0.39, 0.29) is 5.97 Å². The lowest BCUT2D eigenvalue weighted by Gasteiger charge is -2.15. The van der Waals surface area contributed by atoms with Crippen LogP contribution in [-0.4, -0.2) is 5.97 Å². The van der Waals surface area contributed by atoms with E-state index < -0.39 is 0 Å². The van der Waals surface area contributed by atoms with Gasteiger partial charge in [-0.05, 0) is 18.8 Å². The molecule has 0 amide bonds. The maximum Gasteiger partial charge on any atom is 0.317 e. The Labute approximate surface area is 144 Å². The monoisotopic (exact) mass is 330 g/mol. The maximum atomic E-state index is 11.5. The van der Waals surface area contributed by atoms with Crippen molar-refractivity contribution in [3.63, 3.8) is 0 Å². The molecular formula is C19H38O2S. The van der Waals surface area contributed by atoms with Crippen molar-refractivity contribution in [2.24, 2.45) is 5.92 Å². The molecule has 0 fully saturated rings. The van der Waals surface area contributed by atoms with Gasteiger partial charge in [0.15, 0.2) is 0 Å². The molecule has 0 bridgehead atoms. The Morgan fingerprint density at radius 1 is 0.773 bits per heavy atom. The minimum atomic E-state index is -0.162. The van der Waals surface area contributed by atoms with Crippen molar-refractivity contribution in [3.05, 3.63) is 0 Å². The molecule has 0 aromatic carbocycles. The van der Waals surface area contributed by atoms with E-state index in [9.17, 15) is 4.79 Å². The average Bonchev–Trinajstić information content (AvgIpc) is 2.53. The first kappa shape index (κ1) is 21.8. The highest BCUT2D eigenvalue weighted by Gasteiger charge is 2.14. The van der Waals surface area contributed by atoms with Gasteiger partial charge in [-0.1, -0.05) is 90.9 Å². The molecule has 0 radical (unpaired) electrons. The van der Waals surface area contributed by atoms with Crippen LogP contribution in [0.25, 0.3) is 0 Å². The fourth-order valence-electron chi connectivity index (χ4n) is 3.05. The third-order valence-corrected chi connectivity index (χ3v) is 4.69. The molecular weight excluding hydrogens is 292 g/mol. The van der Waals surface area contributed by atoms with Gasteiger partial charge in [-0.25, -0.2) is 0 Å². The van der Waals surface area contributed by atoms with Crippen LogP contribution in [0.15, 0.2) is 0 Å². The molecule has 0 saturated heterocycles. The van der Waals surface area contributed by atoms with E-state index in [1.54, 1.807) is 0 Å². The summed E-state index contributed by atoms with van der Waals surface area (Å²) in [7, 11) is 0. The van der Waals surface area contributed by atoms with Crippen LogP contribution in [-0.2, 0) is 8.98 Å². The van der Waals surface area contributed by atoms with Gasteiger partial charge in [0, 0.05) is 19.3 Å². The molecule has 0 spiro atoms. The number of thiol groups is 1. The number of carbonyl (C=O) groups excluding carboxylic acids is 1. The van der Waals surface area contributed by atoms with Crippen molar-refractivity contribution < 1.29 is 8.98 Å². The molecule has 0 rings (SSSR count). The summed E-state index contributed by atoms with van der Waals surface area (Å²) < 4.78 is 4.56. The van der Waals surface area contributed by atoms with Crippen LogP contribution in [0.4, 0.5) is 0 Å². The summed E-state index contributed by atoms with van der Waals surface area (Å²) in [5, 5.41) is 0. The topological polar surface area (TPSA) is 26.3 Å². The van der Waals surface area contributed by atoms with Crippen LogP contribution >= 0.6 is 12.9 Å². The highest BCUT2D eigenvalue weighted by atomic mass is 32.1. The van der Waals surface area contributed by atoms with Crippen molar-refractivity contribution in [3.8, 4) is 0 Å². The number of unbranched alkanes of at least 4 members (excludes halogenated alkanes) is 10. The SMILES string of the molecule is CCCCCCCCC(CCCCCCCC)CC(=O)OS. The van der Waals surface area contributed by atoms with E-state index in [1.165, 1.54) is 89.9 Å². The van der Waals surface area contributed by atoms with Gasteiger partial charge in [0.2, 0.25) is 0 Å². The molecule has 0 aromatic rings. The molecule has 0 aliphatic rings. The molecule has 0 heterocycles. The fraction of sp³-hybridized carbons (Fsp3) is 0.947. The van der Waals surface area contributed by atoms with E-state index >= 15 is 0 Å². The van der Waals surface area contributed by atoms with Crippen molar-refractivity contribution in [2.75, 3.05) is 0 Å². The zero-order valence-electron chi connectivity index (χ0n) is 14.9. The van der Waals surface area contributed by atoms with Gasteiger partial charge >= 0.3 is 5.97 Å². The van der Waals surface area contributed by atoms with Gasteiger partial charge in [0.05, 0.1) is 0 Å². The van der Waals surface area contributed by atoms with E-state index in [0.29, 0.717) is 12.3 Å². The summed E-state index contributed by atoms with van der Waals surface area (Å²) in [5.41, 5.74) is 0. The van der Waals surface area contributed by atoms with Gasteiger partial charge in [0.1, 0.15) is 0 Å². The zero-order chi connectivity index (χ0) is 16.5. The van der Waals surface area contributed by atoms with Gasteiger partial charge in [-0.15, -0.1) is 0 Å². The van der Waals surface area contributed by atoms with E-state index in [4.69, 9.17) is 0 Å². The fourth-order valence-corrected chi connectivity index (χ4v) is 3.12. The van der Waals surface area contributed by atoms with Crippen LogP contribution in [0.2, 0.25) is 0 Å². The van der Waals surface area contributed by atoms with E-state index in [1.807, 2.05) is 0 Å². The Balaban J connectivity index is 3.77. The number of hydrogen-bond acceptors (Lipinski definition) is 3. The molecule has 0 aliphatic heterocycles. The molecule has 22 heavy (non-hydrogen) atoms. The van der Waals surface area contributed by atoms with Crippen molar-refractivity contribution in [1.29, 1.82) is 0 Å². The maximum absolute atomic E-state index is 11.5. The smallest absolute Gasteiger partial charge is 0.317 e. The molecule has 0 aliphatic carbocycles. The highest BCUT2D eigenvalue weighted by Crippen LogP contribution is 2.22. The molecule has 0 unspecified atom stereocenters. The zero-order valence-corrected chi connectivity index (χ0v) is 15.8. The predicted molar refractivity (Wildman–Crippen MR) is 99.2 cm³/mol. The molecule has 0 aromatic heterocycles. The Bertz CT molecular complexity index is 228. The van der Waals surface area contributed by atoms with Crippen LogP contribution in [0, 0.1) is 5.92 Å². The summed E-state index contributed by atoms with van der Waals surface area (Å²) >= 11 is 3.64. The van der Waals surface area contributed by atoms with Crippen LogP contribution in [0.3, 0.4) is 0 Å². The van der Waals surface area contributed by atoms with Gasteiger partial charge < -0.3 is 4.18 Å². The summed E-state index contributed by atoms with van der Waals surface area (Å²) in [6.07, 6.45) is 18.7. The first-order chi connectivity index (χ1) is 10.7. The number of hydrogen-bond donors (Lipinski definition) is 1. The molecule has 0 atom stereocenters. The van der Waals surface area contributed by atoms with Crippen molar-refractivity contribution in [2.45, 2.75) is 110 Å². The normalized spacial score (nSPS) is 11.1. The standard InChI is InChI=1S/C19H38O2S/c1-3-5-7-9-11-13-15-18(17-19(20)21-22)16-14-12-10-8-6-4-2/h18,22H,3-17H2,1-2H3. The summed E-state index contributed by atoms with van der Waals surface area (Å²) in [5.74, 6) is 0.335. The van der Waals surface area contributed by atoms with Gasteiger partial charge in [0.25, 0.3) is 0 Å². The minimum Gasteiger partial charge on any atom is -0.395 e. The van der Waals surface area contributed by atoms with Crippen LogP contribution < -0.4 is 0 Å². The average molecular weight is 331 g/mol. The Morgan fingerprint density at radius 3 is 1.59 bits per heavy atom. The number of rotatable bonds is 16. The Morgan fingerprint density at radius 2 is 1.18 bits per heavy atom. The van der Waals surface area contributed by atoms with Gasteiger partial charge in [-0.2, -0.15) is 0 Å². The quantitative estimate of drug-likeness (QED) is 0.190. The first-order valence-electron chi connectivity index (χ1n) is 9.58. The second kappa shape index (κ2) is 17.2. The lowest BCUT2D eigenvalue weighted by atomic mass is 9.91. The van der Waals surface area contributed by atoms with Crippen LogP contribution in [0.5, 0.6) is 0 Å². The lowest BCUT2D eigenvalue weighted by Crippen LogP contribution is -2.09. The predicted octanol–water partition coefficient (Wildman–Crippen LogP) is 6.88. The summed E-state index contributed by atoms with van der Waals surface area (Å²) in [4.78, 5) is 11.5. The third-order valence-electron chi connectivity index (χ3n) is 4.49. The lowest BCUT2D eigenvalue weighted by molar-refractivity contribution is -0.134. The second-order valence-electron chi connectivity index (χ2n) is 6.65. The first-order valence-corrected chi connectivity index (χ1v) is 9.95. The largest absolute Gasteiger partial charge is 0.395 e. The number of carbonyl (C=O) groups is 1. The Kier molecular flexibility index (Phi) is 17.0. The molecule has 0 N–H and O–H groups in total. The van der Waals surface area contributed by atoms with Crippen molar-refractivity contribution >= 4 is 18.9 Å². The van der Waals surface area contributed by atoms with E-state index in [2.05, 4.69) is 30.9 Å². The summed E-state index contributed by atoms with van der Waals surface area (Å²) in [6.45, 7) is 4.50. The second-order valence-corrected chi connectivity index (χ2v) is 6.83. The van der Waals surface area contributed by atoms with E-state index in [0.717, 1.165) is 0 Å². The highest BCUT2D eigenvalue weighted by molar-refractivity contribution is 7.75. The van der Waals surface area contributed by atoms with Gasteiger partial charge in [-0.3, -0.25) is 4.79 Å². The van der Waals surface area contributed by atoms with Crippen molar-refractivity contribution in [1.82, 2.24) is 0 Å². The Hall–Kier alpha value is -0.180. The summed E-state index contributed by atoms with van der Waals surface area (Å²) in [6, 6.07) is 0. The molecule has 132 valence electrons. The third kappa shape index (κ3) is 14.7. The molecule has 0 saturated carbocycles.